The molecule has 3 aromatic rings. The van der Waals surface area contributed by atoms with Crippen LogP contribution >= 0.6 is 0 Å². The Labute approximate surface area is 144 Å². The summed E-state index contributed by atoms with van der Waals surface area (Å²) < 4.78 is 11.9. The highest BCUT2D eigenvalue weighted by atomic mass is 16.5. The van der Waals surface area contributed by atoms with Crippen LogP contribution in [0.4, 0.5) is 5.69 Å². The van der Waals surface area contributed by atoms with Crippen LogP contribution in [0.5, 0.6) is 11.5 Å². The van der Waals surface area contributed by atoms with Gasteiger partial charge in [-0.15, -0.1) is 5.10 Å². The van der Waals surface area contributed by atoms with Crippen molar-refractivity contribution in [1.82, 2.24) is 20.2 Å². The molecular weight excluding hydrogens is 322 g/mol. The van der Waals surface area contributed by atoms with Gasteiger partial charge in [0.25, 0.3) is 5.91 Å². The molecule has 8 heteroatoms. The topological polar surface area (TPSA) is 91.2 Å². The van der Waals surface area contributed by atoms with Crippen LogP contribution in [-0.4, -0.2) is 40.3 Å². The average Bonchev–Trinajstić information content (AvgIpc) is 3.07. The van der Waals surface area contributed by atoms with E-state index in [0.717, 1.165) is 5.56 Å². The monoisotopic (exact) mass is 339 g/mol. The number of aryl methyl sites for hydroxylation is 1. The number of methoxy groups -OCH3 is 2. The standard InChI is InChI=1S/C17H17N5O3/c1-22-16(19-20-21-22)11-4-6-13(7-5-11)18-17(23)12-8-14(24-2)10-15(9-12)25-3/h4-10H,1-3H3,(H,18,23). The summed E-state index contributed by atoms with van der Waals surface area (Å²) in [5.74, 6) is 1.49. The van der Waals surface area contributed by atoms with E-state index in [2.05, 4.69) is 20.8 Å². The molecule has 0 aliphatic carbocycles. The largest absolute Gasteiger partial charge is 0.497 e. The van der Waals surface area contributed by atoms with Crippen molar-refractivity contribution in [2.45, 2.75) is 0 Å². The molecule has 1 aromatic heterocycles. The van der Waals surface area contributed by atoms with Crippen LogP contribution in [0.1, 0.15) is 10.4 Å². The Morgan fingerprint density at radius 2 is 1.68 bits per heavy atom. The maximum atomic E-state index is 12.5. The predicted molar refractivity (Wildman–Crippen MR) is 91.7 cm³/mol. The number of carbonyl (C=O) groups is 1. The van der Waals surface area contributed by atoms with Gasteiger partial charge in [0.15, 0.2) is 5.82 Å². The lowest BCUT2D eigenvalue weighted by atomic mass is 10.1. The van der Waals surface area contributed by atoms with Gasteiger partial charge >= 0.3 is 0 Å². The Hall–Kier alpha value is -3.42. The van der Waals surface area contributed by atoms with Crippen LogP contribution in [0, 0.1) is 0 Å². The molecular formula is C17H17N5O3. The van der Waals surface area contributed by atoms with Crippen molar-refractivity contribution in [2.24, 2.45) is 7.05 Å². The minimum atomic E-state index is -0.259. The van der Waals surface area contributed by atoms with Crippen LogP contribution in [0.15, 0.2) is 42.5 Å². The third-order valence-corrected chi connectivity index (χ3v) is 3.63. The molecule has 0 saturated carbocycles. The lowest BCUT2D eigenvalue weighted by molar-refractivity contribution is 0.102. The molecule has 0 fully saturated rings. The quantitative estimate of drug-likeness (QED) is 0.766. The summed E-state index contributed by atoms with van der Waals surface area (Å²) in [6.07, 6.45) is 0. The second-order valence-corrected chi connectivity index (χ2v) is 5.26. The number of nitrogens with one attached hydrogen (secondary N) is 1. The molecule has 0 bridgehead atoms. The maximum Gasteiger partial charge on any atom is 0.255 e. The Kier molecular flexibility index (Phi) is 4.60. The first-order valence-electron chi connectivity index (χ1n) is 7.48. The van der Waals surface area contributed by atoms with E-state index >= 15 is 0 Å². The van der Waals surface area contributed by atoms with Crippen molar-refractivity contribution >= 4 is 11.6 Å². The zero-order valence-corrected chi connectivity index (χ0v) is 14.1. The molecule has 8 nitrogen and oxygen atoms in total. The Morgan fingerprint density at radius 3 is 2.20 bits per heavy atom. The average molecular weight is 339 g/mol. The molecule has 0 aliphatic rings. The summed E-state index contributed by atoms with van der Waals surface area (Å²) in [6.45, 7) is 0. The Morgan fingerprint density at radius 1 is 1.04 bits per heavy atom. The van der Waals surface area contributed by atoms with E-state index in [1.165, 1.54) is 14.2 Å². The lowest BCUT2D eigenvalue weighted by Gasteiger charge is -2.09. The van der Waals surface area contributed by atoms with Crippen molar-refractivity contribution in [3.63, 3.8) is 0 Å². The molecule has 0 spiro atoms. The molecule has 0 atom stereocenters. The van der Waals surface area contributed by atoms with Gasteiger partial charge in [0, 0.05) is 29.9 Å². The summed E-state index contributed by atoms with van der Waals surface area (Å²) in [5, 5.41) is 14.2. The summed E-state index contributed by atoms with van der Waals surface area (Å²) in [5.41, 5.74) is 1.96. The molecule has 0 unspecified atom stereocenters. The van der Waals surface area contributed by atoms with E-state index in [1.54, 1.807) is 42.1 Å². The normalized spacial score (nSPS) is 10.4. The molecule has 0 radical (unpaired) electrons. The van der Waals surface area contributed by atoms with Crippen LogP contribution < -0.4 is 14.8 Å². The van der Waals surface area contributed by atoms with Crippen LogP contribution in [0.2, 0.25) is 0 Å². The Bertz CT molecular complexity index is 867. The smallest absolute Gasteiger partial charge is 0.255 e. The van der Waals surface area contributed by atoms with Gasteiger partial charge in [0.2, 0.25) is 0 Å². The van der Waals surface area contributed by atoms with Gasteiger partial charge in [0.1, 0.15) is 11.5 Å². The van der Waals surface area contributed by atoms with Gasteiger partial charge in [0.05, 0.1) is 14.2 Å². The van der Waals surface area contributed by atoms with Crippen LogP contribution in [-0.2, 0) is 7.05 Å². The fraction of sp³-hybridized carbons (Fsp3) is 0.176. The van der Waals surface area contributed by atoms with Gasteiger partial charge in [-0.25, -0.2) is 4.68 Å². The van der Waals surface area contributed by atoms with Crippen molar-refractivity contribution in [3.05, 3.63) is 48.0 Å². The molecule has 128 valence electrons. The lowest BCUT2D eigenvalue weighted by Crippen LogP contribution is -2.12. The molecule has 0 aliphatic heterocycles. The number of tetrazole rings is 1. The first-order chi connectivity index (χ1) is 12.1. The van der Waals surface area contributed by atoms with E-state index < -0.39 is 0 Å². The summed E-state index contributed by atoms with van der Waals surface area (Å²) in [4.78, 5) is 12.5. The number of hydrogen-bond donors (Lipinski definition) is 1. The molecule has 1 heterocycles. The Balaban J connectivity index is 1.78. The second kappa shape index (κ2) is 7.00. The predicted octanol–water partition coefficient (Wildman–Crippen LogP) is 2.15. The van der Waals surface area contributed by atoms with Crippen molar-refractivity contribution in [3.8, 4) is 22.9 Å². The van der Waals surface area contributed by atoms with Crippen molar-refractivity contribution in [2.75, 3.05) is 19.5 Å². The number of nitrogens with zero attached hydrogens (tertiary/aromatic N) is 4. The van der Waals surface area contributed by atoms with E-state index in [-0.39, 0.29) is 5.91 Å². The number of carbonyl (C=O) groups excluding carboxylic acids is 1. The third kappa shape index (κ3) is 3.57. The molecule has 3 rings (SSSR count). The zero-order chi connectivity index (χ0) is 17.8. The highest BCUT2D eigenvalue weighted by Crippen LogP contribution is 2.24. The summed E-state index contributed by atoms with van der Waals surface area (Å²) in [6, 6.07) is 12.3. The first kappa shape index (κ1) is 16.4. The van der Waals surface area contributed by atoms with Gasteiger partial charge in [-0.2, -0.15) is 0 Å². The summed E-state index contributed by atoms with van der Waals surface area (Å²) >= 11 is 0. The number of aromatic nitrogens is 4. The van der Waals surface area contributed by atoms with E-state index in [0.29, 0.717) is 28.6 Å². The van der Waals surface area contributed by atoms with Crippen LogP contribution in [0.25, 0.3) is 11.4 Å². The fourth-order valence-electron chi connectivity index (χ4n) is 2.32. The van der Waals surface area contributed by atoms with Crippen molar-refractivity contribution < 1.29 is 14.3 Å². The SMILES string of the molecule is COc1cc(OC)cc(C(=O)Nc2ccc(-c3nnnn3C)cc2)c1. The minimum absolute atomic E-state index is 0.259. The van der Waals surface area contributed by atoms with Gasteiger partial charge in [-0.1, -0.05) is 0 Å². The number of hydrogen-bond acceptors (Lipinski definition) is 6. The molecule has 1 amide bonds. The molecule has 0 saturated heterocycles. The molecule has 1 N–H and O–H groups in total. The second-order valence-electron chi connectivity index (χ2n) is 5.26. The number of rotatable bonds is 5. The van der Waals surface area contributed by atoms with Gasteiger partial charge in [-0.3, -0.25) is 4.79 Å². The minimum Gasteiger partial charge on any atom is -0.497 e. The van der Waals surface area contributed by atoms with Gasteiger partial charge in [-0.05, 0) is 46.8 Å². The van der Waals surface area contributed by atoms with E-state index in [1.807, 2.05) is 12.1 Å². The fourth-order valence-corrected chi connectivity index (χ4v) is 2.32. The summed E-state index contributed by atoms with van der Waals surface area (Å²) in [7, 11) is 4.84. The van der Waals surface area contributed by atoms with E-state index in [4.69, 9.17) is 9.47 Å². The van der Waals surface area contributed by atoms with Gasteiger partial charge < -0.3 is 14.8 Å². The highest BCUT2D eigenvalue weighted by molar-refractivity contribution is 6.04. The van der Waals surface area contributed by atoms with Crippen LogP contribution in [0.3, 0.4) is 0 Å². The number of benzene rings is 2. The zero-order valence-electron chi connectivity index (χ0n) is 14.1. The van der Waals surface area contributed by atoms with E-state index in [9.17, 15) is 4.79 Å². The number of amides is 1. The third-order valence-electron chi connectivity index (χ3n) is 3.63. The molecule has 2 aromatic carbocycles. The first-order valence-corrected chi connectivity index (χ1v) is 7.48. The molecule has 25 heavy (non-hydrogen) atoms. The highest BCUT2D eigenvalue weighted by Gasteiger charge is 2.11. The number of ether oxygens (including phenoxy) is 2. The number of anilines is 1. The van der Waals surface area contributed by atoms with Crippen molar-refractivity contribution in [1.29, 1.82) is 0 Å². The maximum absolute atomic E-state index is 12.5.